The Morgan fingerprint density at radius 3 is 2.65 bits per heavy atom. The van der Waals surface area contributed by atoms with Crippen LogP contribution in [0.4, 0.5) is 13.2 Å². The number of hydrogen-bond acceptors (Lipinski definition) is 3. The molecule has 98 valence electrons. The number of halogens is 3. The third-order valence-electron chi connectivity index (χ3n) is 3.28. The Kier molecular flexibility index (Phi) is 3.58. The van der Waals surface area contributed by atoms with Crippen LogP contribution in [0.5, 0.6) is 0 Å². The lowest BCUT2D eigenvalue weighted by molar-refractivity contribution is -0.197. The standard InChI is InChI=1S/C10H16F3N3O/c11-10(12,13)7-5-15-9(17)6-16(7)8-3-1-2-4-14-8/h7-8,14H,1-6H2,(H,15,17). The lowest BCUT2D eigenvalue weighted by atomic mass is 10.1. The number of carbonyl (C=O) groups is 1. The number of carbonyl (C=O) groups excluding carboxylic acids is 1. The average Bonchev–Trinajstić information content (AvgIpc) is 2.28. The zero-order chi connectivity index (χ0) is 12.5. The van der Waals surface area contributed by atoms with E-state index in [4.69, 9.17) is 0 Å². The second-order valence-corrected chi connectivity index (χ2v) is 4.50. The van der Waals surface area contributed by atoms with Gasteiger partial charge in [-0.2, -0.15) is 13.2 Å². The monoisotopic (exact) mass is 251 g/mol. The average molecular weight is 251 g/mol. The van der Waals surface area contributed by atoms with Crippen LogP contribution in [0.3, 0.4) is 0 Å². The molecule has 0 aromatic carbocycles. The third-order valence-corrected chi connectivity index (χ3v) is 3.28. The number of alkyl halides is 3. The van der Waals surface area contributed by atoms with Crippen LogP contribution < -0.4 is 10.6 Å². The predicted molar refractivity (Wildman–Crippen MR) is 55.2 cm³/mol. The lowest BCUT2D eigenvalue weighted by Crippen LogP contribution is -2.65. The molecule has 4 nitrogen and oxygen atoms in total. The van der Waals surface area contributed by atoms with Crippen LogP contribution in [0.2, 0.25) is 0 Å². The first-order valence-electron chi connectivity index (χ1n) is 5.81. The van der Waals surface area contributed by atoms with Crippen molar-refractivity contribution in [2.24, 2.45) is 0 Å². The number of piperazine rings is 1. The van der Waals surface area contributed by atoms with Crippen LogP contribution >= 0.6 is 0 Å². The summed E-state index contributed by atoms with van der Waals surface area (Å²) in [6.45, 7) is 0.190. The highest BCUT2D eigenvalue weighted by Gasteiger charge is 2.48. The van der Waals surface area contributed by atoms with Crippen molar-refractivity contribution in [3.63, 3.8) is 0 Å². The van der Waals surface area contributed by atoms with E-state index < -0.39 is 12.2 Å². The molecule has 2 aliphatic heterocycles. The number of nitrogens with one attached hydrogen (secondary N) is 2. The normalized spacial score (nSPS) is 32.3. The van der Waals surface area contributed by atoms with Gasteiger partial charge in [0.2, 0.25) is 5.91 Å². The van der Waals surface area contributed by atoms with Crippen LogP contribution in [0.25, 0.3) is 0 Å². The fraction of sp³-hybridized carbons (Fsp3) is 0.900. The van der Waals surface area contributed by atoms with Crippen molar-refractivity contribution in [3.8, 4) is 0 Å². The molecular weight excluding hydrogens is 235 g/mol. The Balaban J connectivity index is 2.10. The highest BCUT2D eigenvalue weighted by Crippen LogP contribution is 2.28. The Bertz CT molecular complexity index is 289. The van der Waals surface area contributed by atoms with Crippen LogP contribution in [0.1, 0.15) is 19.3 Å². The summed E-state index contributed by atoms with van der Waals surface area (Å²) in [5.74, 6) is -0.335. The minimum absolute atomic E-state index is 0.179. The van der Waals surface area contributed by atoms with E-state index in [1.165, 1.54) is 4.90 Å². The molecule has 7 heteroatoms. The Labute approximate surface area is 97.5 Å². The van der Waals surface area contributed by atoms with Crippen molar-refractivity contribution in [3.05, 3.63) is 0 Å². The summed E-state index contributed by atoms with van der Waals surface area (Å²) in [6, 6.07) is -1.57. The van der Waals surface area contributed by atoms with Gasteiger partial charge in [0.05, 0.1) is 12.7 Å². The molecule has 0 radical (unpaired) electrons. The van der Waals surface area contributed by atoms with Gasteiger partial charge in [0, 0.05) is 6.54 Å². The summed E-state index contributed by atoms with van der Waals surface area (Å²) in [5.41, 5.74) is 0. The maximum atomic E-state index is 12.9. The molecule has 17 heavy (non-hydrogen) atoms. The zero-order valence-corrected chi connectivity index (χ0v) is 9.39. The maximum absolute atomic E-state index is 12.9. The van der Waals surface area contributed by atoms with Crippen molar-refractivity contribution < 1.29 is 18.0 Å². The number of hydrogen-bond donors (Lipinski definition) is 2. The molecule has 0 saturated carbocycles. The molecule has 0 bridgehead atoms. The molecule has 2 rings (SSSR count). The summed E-state index contributed by atoms with van der Waals surface area (Å²) < 4.78 is 38.6. The SMILES string of the molecule is O=C1CN(C2CCCCN2)C(C(F)(F)F)CN1. The van der Waals surface area contributed by atoms with Crippen molar-refractivity contribution in [1.82, 2.24) is 15.5 Å². The van der Waals surface area contributed by atoms with Crippen LogP contribution in [0, 0.1) is 0 Å². The quantitative estimate of drug-likeness (QED) is 0.711. The summed E-state index contributed by atoms with van der Waals surface area (Å²) in [4.78, 5) is 12.5. The van der Waals surface area contributed by atoms with Crippen LogP contribution in [0.15, 0.2) is 0 Å². The van der Waals surface area contributed by atoms with E-state index in [2.05, 4.69) is 10.6 Å². The van der Waals surface area contributed by atoms with Gasteiger partial charge < -0.3 is 10.6 Å². The molecule has 0 aromatic heterocycles. The molecule has 2 unspecified atom stereocenters. The number of nitrogens with zero attached hydrogens (tertiary/aromatic N) is 1. The second-order valence-electron chi connectivity index (χ2n) is 4.50. The summed E-state index contributed by atoms with van der Waals surface area (Å²) in [5, 5.41) is 5.34. The molecular formula is C10H16F3N3O. The van der Waals surface area contributed by atoms with Crippen molar-refractivity contribution >= 4 is 5.91 Å². The summed E-state index contributed by atoms with van der Waals surface area (Å²) in [7, 11) is 0. The molecule has 2 heterocycles. The van der Waals surface area contributed by atoms with Gasteiger partial charge in [0.1, 0.15) is 6.04 Å². The highest BCUT2D eigenvalue weighted by atomic mass is 19.4. The summed E-state index contributed by atoms with van der Waals surface area (Å²) >= 11 is 0. The molecule has 1 amide bonds. The Hall–Kier alpha value is -0.820. The molecule has 2 saturated heterocycles. The minimum Gasteiger partial charge on any atom is -0.353 e. The first-order valence-corrected chi connectivity index (χ1v) is 5.81. The smallest absolute Gasteiger partial charge is 0.353 e. The van der Waals surface area contributed by atoms with E-state index in [0.29, 0.717) is 13.0 Å². The molecule has 2 aliphatic rings. The number of piperidine rings is 1. The van der Waals surface area contributed by atoms with Crippen LogP contribution in [-0.2, 0) is 4.79 Å². The fourth-order valence-corrected chi connectivity index (χ4v) is 2.41. The van der Waals surface area contributed by atoms with Gasteiger partial charge in [-0.15, -0.1) is 0 Å². The van der Waals surface area contributed by atoms with E-state index in [9.17, 15) is 18.0 Å². The highest BCUT2D eigenvalue weighted by molar-refractivity contribution is 5.79. The van der Waals surface area contributed by atoms with E-state index in [0.717, 1.165) is 12.8 Å². The van der Waals surface area contributed by atoms with E-state index >= 15 is 0 Å². The van der Waals surface area contributed by atoms with Crippen molar-refractivity contribution in [2.75, 3.05) is 19.6 Å². The first-order chi connectivity index (χ1) is 7.98. The largest absolute Gasteiger partial charge is 0.405 e. The van der Waals surface area contributed by atoms with Crippen molar-refractivity contribution in [2.45, 2.75) is 37.6 Å². The lowest BCUT2D eigenvalue weighted by Gasteiger charge is -2.43. The van der Waals surface area contributed by atoms with Gasteiger partial charge in [0.15, 0.2) is 0 Å². The van der Waals surface area contributed by atoms with Crippen molar-refractivity contribution in [1.29, 1.82) is 0 Å². The van der Waals surface area contributed by atoms with E-state index in [1.54, 1.807) is 0 Å². The summed E-state index contributed by atoms with van der Waals surface area (Å²) in [6.07, 6.45) is -2.08. The maximum Gasteiger partial charge on any atom is 0.405 e. The van der Waals surface area contributed by atoms with Gasteiger partial charge in [-0.1, -0.05) is 0 Å². The molecule has 2 atom stereocenters. The molecule has 0 aromatic rings. The van der Waals surface area contributed by atoms with Gasteiger partial charge in [-0.05, 0) is 25.8 Å². The van der Waals surface area contributed by atoms with E-state index in [1.807, 2.05) is 0 Å². The first kappa shape index (κ1) is 12.6. The minimum atomic E-state index is -4.30. The molecule has 2 N–H and O–H groups in total. The fourth-order valence-electron chi connectivity index (χ4n) is 2.41. The zero-order valence-electron chi connectivity index (χ0n) is 9.39. The van der Waals surface area contributed by atoms with Gasteiger partial charge in [0.25, 0.3) is 0 Å². The van der Waals surface area contributed by atoms with Gasteiger partial charge in [-0.3, -0.25) is 9.69 Å². The predicted octanol–water partition coefficient (Wildman–Crippen LogP) is 0.449. The molecule has 2 fully saturated rings. The third kappa shape index (κ3) is 2.90. The van der Waals surface area contributed by atoms with E-state index in [-0.39, 0.29) is 25.2 Å². The molecule has 0 spiro atoms. The van der Waals surface area contributed by atoms with Crippen LogP contribution in [-0.4, -0.2) is 48.8 Å². The molecule has 0 aliphatic carbocycles. The van der Waals surface area contributed by atoms with Gasteiger partial charge >= 0.3 is 6.18 Å². The number of amides is 1. The number of rotatable bonds is 1. The topological polar surface area (TPSA) is 44.4 Å². The second kappa shape index (κ2) is 4.81. The Morgan fingerprint density at radius 1 is 1.29 bits per heavy atom. The Morgan fingerprint density at radius 2 is 2.06 bits per heavy atom. The van der Waals surface area contributed by atoms with Gasteiger partial charge in [-0.25, -0.2) is 0 Å².